The number of aromatic amines is 1. The lowest BCUT2D eigenvalue weighted by molar-refractivity contribution is 0.134. The van der Waals surface area contributed by atoms with Crippen LogP contribution in [-0.2, 0) is 6.54 Å². The summed E-state index contributed by atoms with van der Waals surface area (Å²) < 4.78 is 2.97. The molecule has 1 saturated carbocycles. The third-order valence-corrected chi connectivity index (χ3v) is 5.01. The summed E-state index contributed by atoms with van der Waals surface area (Å²) in [7, 11) is 4.37. The summed E-state index contributed by atoms with van der Waals surface area (Å²) in [6, 6.07) is 4.09. The predicted octanol–water partition coefficient (Wildman–Crippen LogP) is 3.28. The van der Waals surface area contributed by atoms with Gasteiger partial charge < -0.3 is 9.88 Å². The van der Waals surface area contributed by atoms with Gasteiger partial charge in [0.2, 0.25) is 0 Å². The van der Waals surface area contributed by atoms with Crippen LogP contribution in [0.3, 0.4) is 0 Å². The molecule has 1 aliphatic carbocycles. The normalized spacial score (nSPS) is 18.2. The van der Waals surface area contributed by atoms with Crippen molar-refractivity contribution in [1.29, 1.82) is 0 Å². The molecule has 20 heavy (non-hydrogen) atoms. The Hall–Kier alpha value is -1.20. The van der Waals surface area contributed by atoms with Crippen molar-refractivity contribution in [1.82, 2.24) is 19.4 Å². The highest BCUT2D eigenvalue weighted by atomic mass is 32.1. The molecule has 4 nitrogen and oxygen atoms in total. The van der Waals surface area contributed by atoms with Gasteiger partial charge in [-0.1, -0.05) is 12.8 Å². The molecule has 0 amide bonds. The Morgan fingerprint density at radius 3 is 2.70 bits per heavy atom. The second kappa shape index (κ2) is 4.97. The molecule has 0 aliphatic heterocycles. The van der Waals surface area contributed by atoms with Crippen molar-refractivity contribution in [2.24, 2.45) is 0 Å². The third kappa shape index (κ3) is 2.19. The molecule has 0 unspecified atom stereocenters. The second-order valence-electron chi connectivity index (χ2n) is 6.17. The fourth-order valence-corrected chi connectivity index (χ4v) is 3.61. The number of imidazole rings is 1. The van der Waals surface area contributed by atoms with Gasteiger partial charge in [-0.25, -0.2) is 4.98 Å². The molecule has 1 aliphatic rings. The van der Waals surface area contributed by atoms with Crippen LogP contribution in [0.5, 0.6) is 0 Å². The van der Waals surface area contributed by atoms with Crippen molar-refractivity contribution < 1.29 is 0 Å². The fraction of sp³-hybridized carbons (Fsp3) is 0.600. The van der Waals surface area contributed by atoms with Gasteiger partial charge in [0.05, 0.1) is 5.52 Å². The zero-order chi connectivity index (χ0) is 14.3. The fourth-order valence-electron chi connectivity index (χ4n) is 3.35. The summed E-state index contributed by atoms with van der Waals surface area (Å²) in [6.45, 7) is 2.95. The number of fused-ring (bicyclic) bond motifs is 1. The molecular formula is C15H22N4S. The lowest BCUT2D eigenvalue weighted by atomic mass is 9.96. The second-order valence-corrected chi connectivity index (χ2v) is 6.55. The number of aryl methyl sites for hydroxylation is 1. The minimum absolute atomic E-state index is 0.221. The van der Waals surface area contributed by atoms with Crippen LogP contribution in [0.2, 0.25) is 0 Å². The maximum atomic E-state index is 5.52. The van der Waals surface area contributed by atoms with Crippen molar-refractivity contribution in [3.63, 3.8) is 0 Å². The first-order valence-corrected chi connectivity index (χ1v) is 7.66. The average molecular weight is 290 g/mol. The van der Waals surface area contributed by atoms with E-state index in [4.69, 9.17) is 12.2 Å². The van der Waals surface area contributed by atoms with Crippen molar-refractivity contribution in [2.45, 2.75) is 44.7 Å². The van der Waals surface area contributed by atoms with E-state index in [1.54, 1.807) is 0 Å². The maximum absolute atomic E-state index is 5.52. The molecule has 2 heterocycles. The molecule has 0 bridgehead atoms. The lowest BCUT2D eigenvalue weighted by Gasteiger charge is -2.36. The largest absolute Gasteiger partial charge is 0.329 e. The van der Waals surface area contributed by atoms with E-state index in [0.29, 0.717) is 0 Å². The highest BCUT2D eigenvalue weighted by Crippen LogP contribution is 2.35. The molecule has 0 aromatic carbocycles. The molecule has 1 N–H and O–H groups in total. The first-order valence-electron chi connectivity index (χ1n) is 7.25. The van der Waals surface area contributed by atoms with Crippen LogP contribution in [0.1, 0.15) is 31.4 Å². The van der Waals surface area contributed by atoms with E-state index in [1.807, 2.05) is 13.0 Å². The first-order chi connectivity index (χ1) is 9.52. The van der Waals surface area contributed by atoms with Gasteiger partial charge in [-0.3, -0.25) is 4.57 Å². The molecule has 2 aromatic heterocycles. The molecule has 108 valence electrons. The molecule has 0 spiro atoms. The summed E-state index contributed by atoms with van der Waals surface area (Å²) in [5.74, 6) is 0. The Morgan fingerprint density at radius 2 is 2.05 bits per heavy atom. The van der Waals surface area contributed by atoms with E-state index in [-0.39, 0.29) is 5.54 Å². The molecule has 1 fully saturated rings. The molecule has 0 atom stereocenters. The van der Waals surface area contributed by atoms with Crippen molar-refractivity contribution in [3.05, 3.63) is 22.6 Å². The van der Waals surface area contributed by atoms with Crippen LogP contribution in [0.25, 0.3) is 11.2 Å². The summed E-state index contributed by atoms with van der Waals surface area (Å²) in [4.78, 5) is 10.3. The number of hydrogen-bond acceptors (Lipinski definition) is 3. The molecular weight excluding hydrogens is 268 g/mol. The van der Waals surface area contributed by atoms with Crippen LogP contribution in [-0.4, -0.2) is 39.1 Å². The van der Waals surface area contributed by atoms with E-state index in [0.717, 1.165) is 28.2 Å². The van der Waals surface area contributed by atoms with Gasteiger partial charge in [0.25, 0.3) is 0 Å². The van der Waals surface area contributed by atoms with Gasteiger partial charge in [0.1, 0.15) is 0 Å². The quantitative estimate of drug-likeness (QED) is 0.881. The van der Waals surface area contributed by atoms with Crippen LogP contribution < -0.4 is 0 Å². The third-order valence-electron chi connectivity index (χ3n) is 4.69. The van der Waals surface area contributed by atoms with Gasteiger partial charge >= 0.3 is 0 Å². The van der Waals surface area contributed by atoms with Crippen LogP contribution >= 0.6 is 12.2 Å². The van der Waals surface area contributed by atoms with E-state index >= 15 is 0 Å². The minimum atomic E-state index is 0.221. The van der Waals surface area contributed by atoms with Gasteiger partial charge in [-0.05, 0) is 58.2 Å². The van der Waals surface area contributed by atoms with Crippen LogP contribution in [0, 0.1) is 11.7 Å². The topological polar surface area (TPSA) is 36.9 Å². The lowest BCUT2D eigenvalue weighted by Crippen LogP contribution is -2.45. The highest BCUT2D eigenvalue weighted by molar-refractivity contribution is 7.71. The summed E-state index contributed by atoms with van der Waals surface area (Å²) in [5.41, 5.74) is 3.28. The van der Waals surface area contributed by atoms with Crippen molar-refractivity contribution in [2.75, 3.05) is 14.1 Å². The molecule has 0 saturated heterocycles. The van der Waals surface area contributed by atoms with Gasteiger partial charge in [0.15, 0.2) is 10.4 Å². The maximum Gasteiger partial charge on any atom is 0.179 e. The average Bonchev–Trinajstić information content (AvgIpc) is 2.98. The minimum Gasteiger partial charge on any atom is -0.329 e. The Morgan fingerprint density at radius 1 is 1.35 bits per heavy atom. The Balaban J connectivity index is 2.08. The predicted molar refractivity (Wildman–Crippen MR) is 84.5 cm³/mol. The Bertz CT molecular complexity index is 677. The number of likely N-dealkylation sites (N-methyl/N-ethyl adjacent to an activating group) is 1. The monoisotopic (exact) mass is 290 g/mol. The number of nitrogens with one attached hydrogen (secondary N) is 1. The highest BCUT2D eigenvalue weighted by Gasteiger charge is 2.36. The van der Waals surface area contributed by atoms with E-state index in [1.165, 1.54) is 25.7 Å². The number of H-pyrrole nitrogens is 1. The number of aromatic nitrogens is 3. The van der Waals surface area contributed by atoms with E-state index in [9.17, 15) is 0 Å². The first kappa shape index (κ1) is 13.8. The smallest absolute Gasteiger partial charge is 0.179 e. The number of hydrogen-bond donors (Lipinski definition) is 1. The van der Waals surface area contributed by atoms with Gasteiger partial charge in [-0.15, -0.1) is 0 Å². The van der Waals surface area contributed by atoms with Crippen molar-refractivity contribution in [3.8, 4) is 0 Å². The standard InChI is InChI=1S/C15H22N4S/c1-11-6-7-12-13(16-11)19(14(20)17-12)10-15(18(2)3)8-4-5-9-15/h6-7H,4-5,8-10H2,1-3H3,(H,17,20). The summed E-state index contributed by atoms with van der Waals surface area (Å²) >= 11 is 5.52. The zero-order valence-corrected chi connectivity index (χ0v) is 13.3. The van der Waals surface area contributed by atoms with Gasteiger partial charge in [0, 0.05) is 17.8 Å². The number of nitrogens with zero attached hydrogens (tertiary/aromatic N) is 3. The molecule has 2 aromatic rings. The number of rotatable bonds is 3. The summed E-state index contributed by atoms with van der Waals surface area (Å²) in [5, 5.41) is 0. The van der Waals surface area contributed by atoms with E-state index < -0.39 is 0 Å². The van der Waals surface area contributed by atoms with Gasteiger partial charge in [-0.2, -0.15) is 0 Å². The SMILES string of the molecule is Cc1ccc2[nH]c(=S)n(CC3(N(C)C)CCCC3)c2n1. The van der Waals surface area contributed by atoms with E-state index in [2.05, 4.69) is 39.6 Å². The zero-order valence-electron chi connectivity index (χ0n) is 12.4. The van der Waals surface area contributed by atoms with Crippen LogP contribution in [0.15, 0.2) is 12.1 Å². The Kier molecular flexibility index (Phi) is 3.42. The number of pyridine rings is 1. The molecule has 3 rings (SSSR count). The summed E-state index contributed by atoms with van der Waals surface area (Å²) in [6.07, 6.45) is 5.08. The molecule has 5 heteroatoms. The van der Waals surface area contributed by atoms with Crippen molar-refractivity contribution >= 4 is 23.4 Å². The molecule has 0 radical (unpaired) electrons. The van der Waals surface area contributed by atoms with Crippen LogP contribution in [0.4, 0.5) is 0 Å². The Labute approximate surface area is 124 Å².